The lowest BCUT2D eigenvalue weighted by Gasteiger charge is -2.09. The zero-order valence-corrected chi connectivity index (χ0v) is 11.2. The Bertz CT molecular complexity index is 413. The first-order chi connectivity index (χ1) is 8.59. The molecular formula is C14H21N3O. The van der Waals surface area contributed by atoms with Crippen LogP contribution >= 0.6 is 0 Å². The summed E-state index contributed by atoms with van der Waals surface area (Å²) in [5, 5.41) is 5.45. The molecule has 0 saturated heterocycles. The summed E-state index contributed by atoms with van der Waals surface area (Å²) < 4.78 is 0. The Balaban J connectivity index is 2.32. The molecule has 1 rings (SSSR count). The average molecular weight is 247 g/mol. The van der Waals surface area contributed by atoms with Crippen molar-refractivity contribution in [1.29, 1.82) is 0 Å². The number of carbonyl (C=O) groups is 1. The van der Waals surface area contributed by atoms with Gasteiger partial charge in [0.2, 0.25) is 0 Å². The number of likely N-dealkylation sites (N-methyl/N-ethyl adjacent to an activating group) is 1. The molecule has 4 heteroatoms. The van der Waals surface area contributed by atoms with Gasteiger partial charge in [-0.25, -0.2) is 4.79 Å². The summed E-state index contributed by atoms with van der Waals surface area (Å²) in [4.78, 5) is 13.4. The summed E-state index contributed by atoms with van der Waals surface area (Å²) in [7, 11) is 3.94. The van der Waals surface area contributed by atoms with Gasteiger partial charge in [-0.3, -0.25) is 0 Å². The molecule has 0 saturated carbocycles. The second kappa shape index (κ2) is 7.50. The first-order valence-corrected chi connectivity index (χ1v) is 6.01. The van der Waals surface area contributed by atoms with Crippen molar-refractivity contribution in [2.75, 3.05) is 27.2 Å². The van der Waals surface area contributed by atoms with E-state index in [4.69, 9.17) is 0 Å². The van der Waals surface area contributed by atoms with Crippen LogP contribution in [-0.4, -0.2) is 38.1 Å². The molecule has 0 aliphatic heterocycles. The lowest BCUT2D eigenvalue weighted by atomic mass is 10.1. The molecule has 0 aromatic heterocycles. The Labute approximate surface area is 109 Å². The van der Waals surface area contributed by atoms with Gasteiger partial charge in [0, 0.05) is 19.3 Å². The van der Waals surface area contributed by atoms with E-state index < -0.39 is 0 Å². The van der Waals surface area contributed by atoms with Gasteiger partial charge in [-0.15, -0.1) is 0 Å². The van der Waals surface area contributed by atoms with E-state index in [1.807, 2.05) is 56.3 Å². The molecule has 0 bridgehead atoms. The molecule has 0 heterocycles. The highest BCUT2D eigenvalue weighted by Gasteiger charge is 1.96. The monoisotopic (exact) mass is 247 g/mol. The largest absolute Gasteiger partial charge is 0.337 e. The number of rotatable bonds is 5. The Morgan fingerprint density at radius 1 is 1.33 bits per heavy atom. The molecule has 0 spiro atoms. The van der Waals surface area contributed by atoms with Gasteiger partial charge < -0.3 is 15.5 Å². The van der Waals surface area contributed by atoms with Crippen LogP contribution in [0.3, 0.4) is 0 Å². The summed E-state index contributed by atoms with van der Waals surface area (Å²) >= 11 is 0. The van der Waals surface area contributed by atoms with Gasteiger partial charge in [0.1, 0.15) is 0 Å². The maximum Gasteiger partial charge on any atom is 0.318 e. The van der Waals surface area contributed by atoms with Gasteiger partial charge in [0.15, 0.2) is 0 Å². The van der Waals surface area contributed by atoms with E-state index in [0.29, 0.717) is 6.54 Å². The van der Waals surface area contributed by atoms with Crippen molar-refractivity contribution in [3.05, 3.63) is 41.6 Å². The van der Waals surface area contributed by atoms with Crippen LogP contribution in [0, 0.1) is 6.92 Å². The van der Waals surface area contributed by atoms with Crippen molar-refractivity contribution in [3.8, 4) is 0 Å². The van der Waals surface area contributed by atoms with Gasteiger partial charge in [0.25, 0.3) is 0 Å². The van der Waals surface area contributed by atoms with Crippen LogP contribution in [0.4, 0.5) is 4.79 Å². The lowest BCUT2D eigenvalue weighted by Crippen LogP contribution is -2.36. The molecule has 0 fully saturated rings. The fraction of sp³-hybridized carbons (Fsp3) is 0.357. The lowest BCUT2D eigenvalue weighted by molar-refractivity contribution is 0.243. The summed E-state index contributed by atoms with van der Waals surface area (Å²) in [5.74, 6) is 0. The molecule has 0 unspecified atom stereocenters. The molecule has 0 aliphatic rings. The van der Waals surface area contributed by atoms with E-state index in [-0.39, 0.29) is 6.03 Å². The van der Waals surface area contributed by atoms with Crippen LogP contribution in [-0.2, 0) is 0 Å². The van der Waals surface area contributed by atoms with Crippen LogP contribution in [0.25, 0.3) is 6.08 Å². The third-order valence-electron chi connectivity index (χ3n) is 2.51. The second-order valence-electron chi connectivity index (χ2n) is 4.39. The van der Waals surface area contributed by atoms with E-state index in [2.05, 4.69) is 10.6 Å². The third-order valence-corrected chi connectivity index (χ3v) is 2.51. The van der Waals surface area contributed by atoms with E-state index >= 15 is 0 Å². The van der Waals surface area contributed by atoms with Crippen LogP contribution < -0.4 is 10.6 Å². The molecule has 0 radical (unpaired) electrons. The zero-order valence-electron chi connectivity index (χ0n) is 11.2. The minimum Gasteiger partial charge on any atom is -0.337 e. The van der Waals surface area contributed by atoms with Crippen LogP contribution in [0.2, 0.25) is 0 Å². The topological polar surface area (TPSA) is 44.4 Å². The molecule has 1 aromatic rings. The predicted molar refractivity (Wildman–Crippen MR) is 75.3 cm³/mol. The zero-order chi connectivity index (χ0) is 13.4. The second-order valence-corrected chi connectivity index (χ2v) is 4.39. The highest BCUT2D eigenvalue weighted by Crippen LogP contribution is 2.07. The number of benzene rings is 1. The van der Waals surface area contributed by atoms with Crippen molar-refractivity contribution in [3.63, 3.8) is 0 Å². The first kappa shape index (κ1) is 14.3. The molecule has 0 aliphatic carbocycles. The smallest absolute Gasteiger partial charge is 0.318 e. The number of amides is 2. The van der Waals surface area contributed by atoms with E-state index in [9.17, 15) is 4.79 Å². The quantitative estimate of drug-likeness (QED) is 0.833. The Morgan fingerprint density at radius 3 is 2.72 bits per heavy atom. The molecule has 2 amide bonds. The Morgan fingerprint density at radius 2 is 2.06 bits per heavy atom. The summed E-state index contributed by atoms with van der Waals surface area (Å²) in [6.45, 7) is 3.50. The SMILES string of the molecule is Cc1ccccc1/C=C/NC(=O)NCCN(C)C. The molecule has 2 N–H and O–H groups in total. The normalized spacial score (nSPS) is 10.9. The fourth-order valence-corrected chi connectivity index (χ4v) is 1.42. The van der Waals surface area contributed by atoms with E-state index in [1.54, 1.807) is 6.20 Å². The van der Waals surface area contributed by atoms with Crippen molar-refractivity contribution >= 4 is 12.1 Å². The van der Waals surface area contributed by atoms with E-state index in [0.717, 1.165) is 12.1 Å². The highest BCUT2D eigenvalue weighted by molar-refractivity contribution is 5.75. The van der Waals surface area contributed by atoms with Crippen LogP contribution in [0.15, 0.2) is 30.5 Å². The standard InChI is InChI=1S/C14H21N3O/c1-12-6-4-5-7-13(12)8-9-15-14(18)16-10-11-17(2)3/h4-9H,10-11H2,1-3H3,(H2,15,16,18)/b9-8+. The number of nitrogens with one attached hydrogen (secondary N) is 2. The number of hydrogen-bond acceptors (Lipinski definition) is 2. The van der Waals surface area contributed by atoms with Crippen molar-refractivity contribution in [2.24, 2.45) is 0 Å². The Kier molecular flexibility index (Phi) is 5.94. The maximum absolute atomic E-state index is 11.4. The maximum atomic E-state index is 11.4. The van der Waals surface area contributed by atoms with Gasteiger partial charge in [-0.2, -0.15) is 0 Å². The minimum atomic E-state index is -0.179. The summed E-state index contributed by atoms with van der Waals surface area (Å²) in [5.41, 5.74) is 2.29. The average Bonchev–Trinajstić information content (AvgIpc) is 2.31. The van der Waals surface area contributed by atoms with Crippen molar-refractivity contribution in [2.45, 2.75) is 6.92 Å². The first-order valence-electron chi connectivity index (χ1n) is 6.01. The predicted octanol–water partition coefficient (Wildman–Crippen LogP) is 1.83. The van der Waals surface area contributed by atoms with Gasteiger partial charge >= 0.3 is 6.03 Å². The summed E-state index contributed by atoms with van der Waals surface area (Å²) in [6.07, 6.45) is 3.55. The van der Waals surface area contributed by atoms with Gasteiger partial charge in [-0.05, 0) is 38.2 Å². The number of nitrogens with zero attached hydrogens (tertiary/aromatic N) is 1. The molecule has 98 valence electrons. The molecule has 18 heavy (non-hydrogen) atoms. The summed E-state index contributed by atoms with van der Waals surface area (Å²) in [6, 6.07) is 7.84. The van der Waals surface area contributed by atoms with Crippen molar-refractivity contribution in [1.82, 2.24) is 15.5 Å². The van der Waals surface area contributed by atoms with Crippen LogP contribution in [0.1, 0.15) is 11.1 Å². The number of hydrogen-bond donors (Lipinski definition) is 2. The fourth-order valence-electron chi connectivity index (χ4n) is 1.42. The number of urea groups is 1. The third kappa shape index (κ3) is 5.50. The number of aryl methyl sites for hydroxylation is 1. The molecule has 1 aromatic carbocycles. The van der Waals surface area contributed by atoms with Gasteiger partial charge in [0.05, 0.1) is 0 Å². The van der Waals surface area contributed by atoms with Crippen LogP contribution in [0.5, 0.6) is 0 Å². The van der Waals surface area contributed by atoms with Crippen molar-refractivity contribution < 1.29 is 4.79 Å². The molecule has 0 atom stereocenters. The number of carbonyl (C=O) groups excluding carboxylic acids is 1. The Hall–Kier alpha value is -1.81. The minimum absolute atomic E-state index is 0.179. The van der Waals surface area contributed by atoms with E-state index in [1.165, 1.54) is 5.56 Å². The molecular weight excluding hydrogens is 226 g/mol. The molecule has 4 nitrogen and oxygen atoms in total. The van der Waals surface area contributed by atoms with Gasteiger partial charge in [-0.1, -0.05) is 24.3 Å². The highest BCUT2D eigenvalue weighted by atomic mass is 16.2.